The first-order valence-electron chi connectivity index (χ1n) is 15.2. The summed E-state index contributed by atoms with van der Waals surface area (Å²) in [4.78, 5) is 46.5. The zero-order valence-electron chi connectivity index (χ0n) is 25.3. The van der Waals surface area contributed by atoms with Gasteiger partial charge in [-0.1, -0.05) is 67.8 Å². The Morgan fingerprint density at radius 2 is 1.57 bits per heavy atom. The highest BCUT2D eigenvalue weighted by Crippen LogP contribution is 2.33. The van der Waals surface area contributed by atoms with E-state index in [1.54, 1.807) is 11.6 Å². The van der Waals surface area contributed by atoms with Crippen molar-refractivity contribution in [2.24, 2.45) is 13.0 Å². The first-order valence-corrected chi connectivity index (χ1v) is 15.2. The molecular formula is C34H44N4O4. The van der Waals surface area contributed by atoms with Crippen LogP contribution < -0.4 is 5.56 Å². The lowest BCUT2D eigenvalue weighted by atomic mass is 9.87. The molecule has 1 saturated heterocycles. The van der Waals surface area contributed by atoms with Crippen molar-refractivity contribution in [3.63, 3.8) is 0 Å². The maximum atomic E-state index is 14.4. The predicted molar refractivity (Wildman–Crippen MR) is 165 cm³/mol. The second-order valence-corrected chi connectivity index (χ2v) is 13.0. The predicted octanol–water partition coefficient (Wildman–Crippen LogP) is 5.48. The third-order valence-electron chi connectivity index (χ3n) is 9.03. The number of aryl methyl sites for hydroxylation is 1. The number of likely N-dealkylation sites (tertiary alicyclic amines) is 1. The first-order chi connectivity index (χ1) is 20.0. The normalized spacial score (nSPS) is 20.1. The number of carbonyl (C=O) groups is 2. The van der Waals surface area contributed by atoms with Gasteiger partial charge in [0.1, 0.15) is 0 Å². The van der Waals surface area contributed by atoms with Gasteiger partial charge in [-0.05, 0) is 56.7 Å². The highest BCUT2D eigenvalue weighted by atomic mass is 16.4. The number of aromatic nitrogens is 1. The summed E-state index contributed by atoms with van der Waals surface area (Å²) in [5.74, 6) is -0.0690. The molecule has 5 rings (SSSR count). The number of nitrogens with zero attached hydrogens (tertiary/aromatic N) is 4. The van der Waals surface area contributed by atoms with Crippen LogP contribution in [0, 0.1) is 5.92 Å². The Hall–Kier alpha value is -3.65. The van der Waals surface area contributed by atoms with Crippen molar-refractivity contribution in [3.05, 3.63) is 82.1 Å². The number of rotatable bonds is 7. The molecule has 2 aliphatic rings. The van der Waals surface area contributed by atoms with Crippen LogP contribution in [0.4, 0.5) is 4.79 Å². The molecule has 2 aromatic carbocycles. The monoisotopic (exact) mass is 572 g/mol. The molecule has 2 atom stereocenters. The molecule has 224 valence electrons. The van der Waals surface area contributed by atoms with Crippen molar-refractivity contribution in [2.45, 2.75) is 83.6 Å². The van der Waals surface area contributed by atoms with E-state index in [0.717, 1.165) is 48.6 Å². The zero-order chi connectivity index (χ0) is 30.0. The fourth-order valence-electron chi connectivity index (χ4n) is 7.03. The van der Waals surface area contributed by atoms with E-state index < -0.39 is 23.7 Å². The summed E-state index contributed by atoms with van der Waals surface area (Å²) in [5, 5.41) is 11.4. The fourth-order valence-corrected chi connectivity index (χ4v) is 7.03. The molecule has 1 N–H and O–H groups in total. The smallest absolute Gasteiger partial charge is 0.408 e. The lowest BCUT2D eigenvalue weighted by Crippen LogP contribution is -2.60. The lowest BCUT2D eigenvalue weighted by molar-refractivity contribution is -0.141. The van der Waals surface area contributed by atoms with Crippen LogP contribution in [0.5, 0.6) is 0 Å². The molecular weight excluding hydrogens is 528 g/mol. The number of carboxylic acid groups (broad SMARTS) is 1. The van der Waals surface area contributed by atoms with E-state index in [0.29, 0.717) is 25.2 Å². The molecule has 8 nitrogen and oxygen atoms in total. The minimum atomic E-state index is -0.995. The Morgan fingerprint density at radius 3 is 2.24 bits per heavy atom. The minimum absolute atomic E-state index is 0.0423. The van der Waals surface area contributed by atoms with E-state index in [2.05, 4.69) is 17.0 Å². The summed E-state index contributed by atoms with van der Waals surface area (Å²) in [6.45, 7) is 7.58. The topological polar surface area (TPSA) is 86.1 Å². The van der Waals surface area contributed by atoms with Crippen molar-refractivity contribution in [1.29, 1.82) is 0 Å². The molecule has 2 heterocycles. The standard InChI is InChI=1S/C34H44N4O4/c1-34(2,3)38(33(41)42)30-23-36(20-24-13-7-5-8-14-24)22-29(30)37(32(40)25-15-9-6-10-16-25)21-27-19-26-17-11-12-18-28(26)35(4)31(27)39/h5,7-8,11-14,17-19,25,29-30H,6,9-10,15-16,20-23H2,1-4H3,(H,41,42)/t29-,30+/m0/s1. The fraction of sp³-hybridized carbons (Fsp3) is 0.500. The number of para-hydroxylation sites is 1. The van der Waals surface area contributed by atoms with Crippen LogP contribution in [-0.2, 0) is 24.9 Å². The lowest BCUT2D eigenvalue weighted by Gasteiger charge is -2.44. The summed E-state index contributed by atoms with van der Waals surface area (Å²) in [5.41, 5.74) is 1.74. The molecule has 0 radical (unpaired) electrons. The molecule has 2 fully saturated rings. The Balaban J connectivity index is 1.58. The molecule has 8 heteroatoms. The van der Waals surface area contributed by atoms with Crippen LogP contribution in [-0.4, -0.2) is 67.1 Å². The van der Waals surface area contributed by atoms with Gasteiger partial charge in [0.05, 0.1) is 24.1 Å². The number of carbonyl (C=O) groups excluding carboxylic acids is 1. The van der Waals surface area contributed by atoms with E-state index in [1.807, 2.05) is 74.2 Å². The molecule has 2 amide bonds. The quantitative estimate of drug-likeness (QED) is 0.405. The Bertz CT molecular complexity index is 1470. The van der Waals surface area contributed by atoms with E-state index in [1.165, 1.54) is 4.90 Å². The number of hydrogen-bond acceptors (Lipinski definition) is 4. The maximum Gasteiger partial charge on any atom is 0.408 e. The highest BCUT2D eigenvalue weighted by Gasteiger charge is 2.47. The van der Waals surface area contributed by atoms with Gasteiger partial charge in [0, 0.05) is 43.7 Å². The van der Waals surface area contributed by atoms with Gasteiger partial charge in [0.2, 0.25) is 5.91 Å². The van der Waals surface area contributed by atoms with Crippen molar-refractivity contribution in [2.75, 3.05) is 13.1 Å². The van der Waals surface area contributed by atoms with Crippen LogP contribution in [0.3, 0.4) is 0 Å². The maximum absolute atomic E-state index is 14.4. The second kappa shape index (κ2) is 12.3. The molecule has 42 heavy (non-hydrogen) atoms. The minimum Gasteiger partial charge on any atom is -0.465 e. The van der Waals surface area contributed by atoms with Crippen molar-refractivity contribution >= 4 is 22.9 Å². The van der Waals surface area contributed by atoms with Gasteiger partial charge in [0.25, 0.3) is 5.56 Å². The van der Waals surface area contributed by atoms with Gasteiger partial charge >= 0.3 is 6.09 Å². The molecule has 0 unspecified atom stereocenters. The summed E-state index contributed by atoms with van der Waals surface area (Å²) >= 11 is 0. The number of hydrogen-bond donors (Lipinski definition) is 1. The molecule has 1 aliphatic carbocycles. The molecule has 3 aromatic rings. The van der Waals surface area contributed by atoms with E-state index in [-0.39, 0.29) is 23.9 Å². The van der Waals surface area contributed by atoms with Crippen molar-refractivity contribution in [3.8, 4) is 0 Å². The Labute approximate surface area is 248 Å². The van der Waals surface area contributed by atoms with Gasteiger partial charge in [-0.2, -0.15) is 0 Å². The summed E-state index contributed by atoms with van der Waals surface area (Å²) < 4.78 is 1.65. The average molecular weight is 573 g/mol. The van der Waals surface area contributed by atoms with Gasteiger partial charge in [-0.25, -0.2) is 4.79 Å². The summed E-state index contributed by atoms with van der Waals surface area (Å²) in [6, 6.07) is 19.0. The number of pyridine rings is 1. The van der Waals surface area contributed by atoms with Crippen LogP contribution in [0.1, 0.15) is 64.0 Å². The number of amides is 2. The number of fused-ring (bicyclic) bond motifs is 1. The van der Waals surface area contributed by atoms with E-state index >= 15 is 0 Å². The van der Waals surface area contributed by atoms with Crippen LogP contribution in [0.15, 0.2) is 65.5 Å². The molecule has 1 saturated carbocycles. The number of benzene rings is 2. The van der Waals surface area contributed by atoms with E-state index in [9.17, 15) is 19.5 Å². The molecule has 1 aromatic heterocycles. The van der Waals surface area contributed by atoms with Gasteiger partial charge in [-0.3, -0.25) is 19.4 Å². The third kappa shape index (κ3) is 6.24. The largest absolute Gasteiger partial charge is 0.465 e. The van der Waals surface area contributed by atoms with Crippen molar-refractivity contribution in [1.82, 2.24) is 19.3 Å². The van der Waals surface area contributed by atoms with Gasteiger partial charge in [-0.15, -0.1) is 0 Å². The zero-order valence-corrected chi connectivity index (χ0v) is 25.3. The SMILES string of the molecule is Cn1c(=O)c(CN(C(=O)C2CCCCC2)[C@H]2CN(Cc3ccccc3)C[C@H]2N(C(=O)O)C(C)(C)C)cc2ccccc21. The molecule has 0 spiro atoms. The van der Waals surface area contributed by atoms with Crippen LogP contribution >= 0.6 is 0 Å². The first kappa shape index (κ1) is 29.8. The van der Waals surface area contributed by atoms with E-state index in [4.69, 9.17) is 0 Å². The molecule has 1 aliphatic heterocycles. The summed E-state index contributed by atoms with van der Waals surface area (Å²) in [6.07, 6.45) is 3.82. The molecule has 0 bridgehead atoms. The third-order valence-corrected chi connectivity index (χ3v) is 9.03. The van der Waals surface area contributed by atoms with Crippen LogP contribution in [0.25, 0.3) is 10.9 Å². The Kier molecular flexibility index (Phi) is 8.73. The highest BCUT2D eigenvalue weighted by molar-refractivity contribution is 5.81. The second-order valence-electron chi connectivity index (χ2n) is 13.0. The average Bonchev–Trinajstić information content (AvgIpc) is 3.35. The van der Waals surface area contributed by atoms with Crippen molar-refractivity contribution < 1.29 is 14.7 Å². The Morgan fingerprint density at radius 1 is 0.929 bits per heavy atom. The van der Waals surface area contributed by atoms with Gasteiger partial charge in [0.15, 0.2) is 0 Å². The van der Waals surface area contributed by atoms with Gasteiger partial charge < -0.3 is 14.6 Å². The summed E-state index contributed by atoms with van der Waals surface area (Å²) in [7, 11) is 1.77. The van der Waals surface area contributed by atoms with Crippen LogP contribution in [0.2, 0.25) is 0 Å².